The van der Waals surface area contributed by atoms with Gasteiger partial charge in [-0.25, -0.2) is 13.4 Å². The van der Waals surface area contributed by atoms with E-state index in [-0.39, 0.29) is 55.9 Å². The first kappa shape index (κ1) is 26.8. The Labute approximate surface area is 193 Å². The van der Waals surface area contributed by atoms with Gasteiger partial charge < -0.3 is 15.5 Å². The summed E-state index contributed by atoms with van der Waals surface area (Å²) in [6.07, 6.45) is 0.547. The van der Waals surface area contributed by atoms with Crippen molar-refractivity contribution in [1.29, 1.82) is 0 Å². The maximum atomic E-state index is 12.7. The van der Waals surface area contributed by atoms with E-state index < -0.39 is 15.5 Å². The van der Waals surface area contributed by atoms with Gasteiger partial charge in [0.05, 0.1) is 6.54 Å². The topological polar surface area (TPSA) is 77.0 Å². The molecular formula is C18H29F3IN5O2S. The Bertz CT molecular complexity index is 810. The highest BCUT2D eigenvalue weighted by molar-refractivity contribution is 14.0. The van der Waals surface area contributed by atoms with Gasteiger partial charge in [-0.3, -0.25) is 0 Å². The minimum atomic E-state index is -5.26. The fourth-order valence-electron chi connectivity index (χ4n) is 3.00. The maximum absolute atomic E-state index is 12.7. The summed E-state index contributed by atoms with van der Waals surface area (Å²) in [5, 5.41) is 6.32. The second-order valence-electron chi connectivity index (χ2n) is 7.03. The number of sulfonamides is 1. The zero-order valence-electron chi connectivity index (χ0n) is 17.2. The largest absolute Gasteiger partial charge is 0.511 e. The number of benzene rings is 1. The van der Waals surface area contributed by atoms with Gasteiger partial charge >= 0.3 is 15.5 Å². The average molecular weight is 563 g/mol. The first-order chi connectivity index (χ1) is 13.5. The Kier molecular flexibility index (Phi) is 10.1. The molecule has 12 heteroatoms. The fourth-order valence-corrected chi connectivity index (χ4v) is 3.99. The van der Waals surface area contributed by atoms with E-state index in [4.69, 9.17) is 0 Å². The molecule has 30 heavy (non-hydrogen) atoms. The molecule has 1 heterocycles. The van der Waals surface area contributed by atoms with E-state index in [0.29, 0.717) is 23.4 Å². The van der Waals surface area contributed by atoms with Crippen LogP contribution in [0, 0.1) is 0 Å². The van der Waals surface area contributed by atoms with Crippen molar-refractivity contribution in [1.82, 2.24) is 14.9 Å². The molecule has 1 aromatic rings. The highest BCUT2D eigenvalue weighted by Gasteiger charge is 2.50. The average Bonchev–Trinajstić information content (AvgIpc) is 2.66. The lowest BCUT2D eigenvalue weighted by Gasteiger charge is -2.32. The van der Waals surface area contributed by atoms with E-state index in [2.05, 4.69) is 15.6 Å². The van der Waals surface area contributed by atoms with Crippen LogP contribution in [0.3, 0.4) is 0 Å². The van der Waals surface area contributed by atoms with Gasteiger partial charge in [0, 0.05) is 45.5 Å². The second kappa shape index (κ2) is 11.4. The zero-order chi connectivity index (χ0) is 21.7. The molecule has 2 rings (SSSR count). The van der Waals surface area contributed by atoms with Gasteiger partial charge in [-0.15, -0.1) is 24.0 Å². The smallest absolute Gasteiger partial charge is 0.378 e. The second-order valence-corrected chi connectivity index (χ2v) is 8.96. The van der Waals surface area contributed by atoms with Crippen LogP contribution in [-0.4, -0.2) is 64.0 Å². The first-order valence-electron chi connectivity index (χ1n) is 9.42. The molecule has 7 nitrogen and oxygen atoms in total. The standard InChI is InChI=1S/C18H28F3N5O2S.HI/c1-4-22-17(23-13-14-6-5-7-16(12-14)25(2)3)24-15-8-10-26(11-9-15)29(27,28)18(19,20)21;/h5-7,12,15H,4,8-11,13H2,1-3H3,(H2,22,23,24);1H. The number of anilines is 1. The molecule has 172 valence electrons. The van der Waals surface area contributed by atoms with Crippen LogP contribution in [-0.2, 0) is 16.6 Å². The molecule has 0 spiro atoms. The lowest BCUT2D eigenvalue weighted by molar-refractivity contribution is -0.0494. The number of hydrogen-bond donors (Lipinski definition) is 2. The minimum Gasteiger partial charge on any atom is -0.378 e. The van der Waals surface area contributed by atoms with Crippen LogP contribution in [0.5, 0.6) is 0 Å². The molecule has 0 unspecified atom stereocenters. The number of aliphatic imine (C=N–C) groups is 1. The van der Waals surface area contributed by atoms with Crippen LogP contribution in [0.1, 0.15) is 25.3 Å². The number of rotatable bonds is 6. The number of guanidine groups is 1. The lowest BCUT2D eigenvalue weighted by atomic mass is 10.1. The van der Waals surface area contributed by atoms with E-state index in [1.807, 2.05) is 50.2 Å². The Morgan fingerprint density at radius 1 is 1.27 bits per heavy atom. The Morgan fingerprint density at radius 2 is 1.90 bits per heavy atom. The Morgan fingerprint density at radius 3 is 2.43 bits per heavy atom. The molecule has 1 aliphatic rings. The SMILES string of the molecule is CCNC(=NCc1cccc(N(C)C)c1)NC1CCN(S(=O)(=O)C(F)(F)F)CC1.I. The van der Waals surface area contributed by atoms with Crippen molar-refractivity contribution in [3.63, 3.8) is 0 Å². The minimum absolute atomic E-state index is 0. The van der Waals surface area contributed by atoms with E-state index in [0.717, 1.165) is 11.3 Å². The molecule has 0 amide bonds. The van der Waals surface area contributed by atoms with Crippen molar-refractivity contribution in [2.24, 2.45) is 4.99 Å². The van der Waals surface area contributed by atoms with Crippen molar-refractivity contribution in [3.05, 3.63) is 29.8 Å². The van der Waals surface area contributed by atoms with Crippen LogP contribution in [0.25, 0.3) is 0 Å². The van der Waals surface area contributed by atoms with Gasteiger partial charge in [0.2, 0.25) is 0 Å². The summed E-state index contributed by atoms with van der Waals surface area (Å²) in [6.45, 7) is 2.64. The van der Waals surface area contributed by atoms with Gasteiger partial charge in [-0.1, -0.05) is 12.1 Å². The third-order valence-corrected chi connectivity index (χ3v) is 6.25. The van der Waals surface area contributed by atoms with Gasteiger partial charge in [-0.2, -0.15) is 17.5 Å². The molecule has 1 aromatic carbocycles. The number of piperidine rings is 1. The molecule has 1 fully saturated rings. The summed E-state index contributed by atoms with van der Waals surface area (Å²) >= 11 is 0. The summed E-state index contributed by atoms with van der Waals surface area (Å²) in [4.78, 5) is 6.55. The van der Waals surface area contributed by atoms with Crippen LogP contribution in [0.15, 0.2) is 29.3 Å². The zero-order valence-corrected chi connectivity index (χ0v) is 20.4. The van der Waals surface area contributed by atoms with E-state index in [1.165, 1.54) is 0 Å². The predicted octanol–water partition coefficient (Wildman–Crippen LogP) is 2.74. The highest BCUT2D eigenvalue weighted by Crippen LogP contribution is 2.28. The monoisotopic (exact) mass is 563 g/mol. The molecule has 0 atom stereocenters. The molecule has 0 aromatic heterocycles. The first-order valence-corrected chi connectivity index (χ1v) is 10.9. The Hall–Kier alpha value is -1.28. The van der Waals surface area contributed by atoms with Crippen molar-refractivity contribution in [3.8, 4) is 0 Å². The highest BCUT2D eigenvalue weighted by atomic mass is 127. The molecule has 1 aliphatic heterocycles. The number of alkyl halides is 3. The molecule has 0 aliphatic carbocycles. The number of hydrogen-bond acceptors (Lipinski definition) is 4. The van der Waals surface area contributed by atoms with Crippen LogP contribution in [0.4, 0.5) is 18.9 Å². The van der Waals surface area contributed by atoms with Crippen molar-refractivity contribution >= 4 is 45.6 Å². The third-order valence-electron chi connectivity index (χ3n) is 4.62. The summed E-state index contributed by atoms with van der Waals surface area (Å²) in [5.41, 5.74) is -3.17. The van der Waals surface area contributed by atoms with Gasteiger partial charge in [0.1, 0.15) is 0 Å². The lowest BCUT2D eigenvalue weighted by Crippen LogP contribution is -2.51. The molecule has 1 saturated heterocycles. The number of nitrogens with zero attached hydrogens (tertiary/aromatic N) is 3. The number of nitrogens with one attached hydrogen (secondary N) is 2. The molecule has 0 radical (unpaired) electrons. The van der Waals surface area contributed by atoms with Crippen LogP contribution >= 0.6 is 24.0 Å². The quantitative estimate of drug-likeness (QED) is 0.317. The van der Waals surface area contributed by atoms with Crippen molar-refractivity contribution in [2.45, 2.75) is 37.9 Å². The Balaban J connectivity index is 0.00000450. The predicted molar refractivity (Wildman–Crippen MR) is 124 cm³/mol. The summed E-state index contributed by atoms with van der Waals surface area (Å²) in [6, 6.07) is 7.81. The van der Waals surface area contributed by atoms with Gasteiger partial charge in [-0.05, 0) is 37.5 Å². The van der Waals surface area contributed by atoms with Crippen LogP contribution in [0.2, 0.25) is 0 Å². The third kappa shape index (κ3) is 7.15. The molecular weight excluding hydrogens is 534 g/mol. The summed E-state index contributed by atoms with van der Waals surface area (Å²) in [7, 11) is -1.35. The fraction of sp³-hybridized carbons (Fsp3) is 0.611. The van der Waals surface area contributed by atoms with E-state index in [9.17, 15) is 21.6 Å². The van der Waals surface area contributed by atoms with Gasteiger partial charge in [0.25, 0.3) is 0 Å². The molecule has 0 bridgehead atoms. The van der Waals surface area contributed by atoms with E-state index in [1.54, 1.807) is 0 Å². The molecule has 2 N–H and O–H groups in total. The summed E-state index contributed by atoms with van der Waals surface area (Å²) < 4.78 is 61.6. The number of halogens is 4. The molecule has 0 saturated carbocycles. The van der Waals surface area contributed by atoms with E-state index >= 15 is 0 Å². The normalized spacial score (nSPS) is 16.7. The van der Waals surface area contributed by atoms with Gasteiger partial charge in [0.15, 0.2) is 5.96 Å². The van der Waals surface area contributed by atoms with Crippen LogP contribution < -0.4 is 15.5 Å². The maximum Gasteiger partial charge on any atom is 0.511 e. The summed E-state index contributed by atoms with van der Waals surface area (Å²) in [5.74, 6) is 0.555. The van der Waals surface area contributed by atoms with Crippen molar-refractivity contribution in [2.75, 3.05) is 38.6 Å². The van der Waals surface area contributed by atoms with Crippen molar-refractivity contribution < 1.29 is 21.6 Å².